The number of barbiturate groups is 1. The number of urea groups is 1. The summed E-state index contributed by atoms with van der Waals surface area (Å²) in [6.07, 6.45) is 2.57. The Balaban J connectivity index is 0.00000289. The first-order chi connectivity index (χ1) is 7.87. The van der Waals surface area contributed by atoms with Crippen LogP contribution in [0.3, 0.4) is 0 Å². The van der Waals surface area contributed by atoms with E-state index in [0.717, 1.165) is 6.42 Å². The van der Waals surface area contributed by atoms with E-state index < -0.39 is 23.3 Å². The van der Waals surface area contributed by atoms with Crippen molar-refractivity contribution in [2.75, 3.05) is 0 Å². The van der Waals surface area contributed by atoms with Crippen molar-refractivity contribution in [1.29, 1.82) is 0 Å². The topological polar surface area (TPSA) is 75.3 Å². The van der Waals surface area contributed by atoms with Gasteiger partial charge < -0.3 is 0 Å². The monoisotopic (exact) mass is 261 g/mol. The molecule has 1 radical (unpaired) electrons. The normalized spacial score (nSPS) is 19.2. The Bertz CT molecular complexity index is 382. The van der Waals surface area contributed by atoms with Crippen LogP contribution in [0, 0.1) is 11.3 Å². The zero-order chi connectivity index (χ0) is 13.2. The second-order valence-corrected chi connectivity index (χ2v) is 4.50. The minimum absolute atomic E-state index is 0. The van der Waals surface area contributed by atoms with Gasteiger partial charge in [-0.1, -0.05) is 32.4 Å². The quantitative estimate of drug-likeness (QED) is 0.451. The molecule has 0 bridgehead atoms. The second kappa shape index (κ2) is 6.50. The van der Waals surface area contributed by atoms with Gasteiger partial charge in [-0.15, -0.1) is 0 Å². The number of carbonyl (C=O) groups is 3. The average Bonchev–Trinajstić information content (AvgIpc) is 2.16. The summed E-state index contributed by atoms with van der Waals surface area (Å²) in [7, 11) is 0. The molecule has 0 aromatic heterocycles. The zero-order valence-corrected chi connectivity index (χ0v) is 13.6. The third kappa shape index (κ3) is 2.68. The Morgan fingerprint density at radius 1 is 1.22 bits per heavy atom. The molecule has 0 saturated carbocycles. The molecule has 4 amide bonds. The van der Waals surface area contributed by atoms with Gasteiger partial charge in [-0.2, -0.15) is 0 Å². The van der Waals surface area contributed by atoms with Gasteiger partial charge >= 0.3 is 6.03 Å². The van der Waals surface area contributed by atoms with Crippen LogP contribution in [-0.2, 0) is 9.59 Å². The van der Waals surface area contributed by atoms with Crippen molar-refractivity contribution in [2.45, 2.75) is 34.1 Å². The molecule has 0 atom stereocenters. The van der Waals surface area contributed by atoms with E-state index in [1.165, 1.54) is 0 Å². The summed E-state index contributed by atoms with van der Waals surface area (Å²) in [5.74, 6) is -1.30. The Kier molecular flexibility index (Phi) is 6.26. The van der Waals surface area contributed by atoms with E-state index in [2.05, 4.69) is 10.6 Å². The summed E-state index contributed by atoms with van der Waals surface area (Å²) in [6.45, 7) is 7.27. The molecule has 1 heterocycles. The van der Waals surface area contributed by atoms with E-state index in [4.69, 9.17) is 0 Å². The number of amides is 4. The van der Waals surface area contributed by atoms with Gasteiger partial charge in [0.1, 0.15) is 0 Å². The molecule has 0 aromatic rings. The van der Waals surface area contributed by atoms with Crippen LogP contribution >= 0.6 is 0 Å². The molecule has 1 fully saturated rings. The third-order valence-corrected chi connectivity index (χ3v) is 3.17. The largest absolute Gasteiger partial charge is 0.328 e. The summed E-state index contributed by atoms with van der Waals surface area (Å²) in [6, 6.07) is -0.749. The molecule has 0 aromatic carbocycles. The molecule has 5 nitrogen and oxygen atoms in total. The molecule has 1 rings (SSSR count). The van der Waals surface area contributed by atoms with Crippen molar-refractivity contribution in [2.24, 2.45) is 11.3 Å². The Labute approximate surface area is 129 Å². The van der Waals surface area contributed by atoms with Gasteiger partial charge in [0.05, 0.1) is 0 Å². The molecule has 1 aliphatic heterocycles. The molecule has 95 valence electrons. The molecule has 1 saturated heterocycles. The number of hydrogen-bond donors (Lipinski definition) is 2. The molecule has 0 unspecified atom stereocenters. The first-order valence-electron chi connectivity index (χ1n) is 5.71. The minimum atomic E-state index is -1.27. The van der Waals surface area contributed by atoms with Crippen LogP contribution in [0.15, 0.2) is 11.6 Å². The van der Waals surface area contributed by atoms with Gasteiger partial charge in [0.15, 0.2) is 5.41 Å². The molecule has 2 N–H and O–H groups in total. The van der Waals surface area contributed by atoms with Gasteiger partial charge in [-0.25, -0.2) is 4.79 Å². The maximum absolute atomic E-state index is 12.1. The maximum Gasteiger partial charge on any atom is 0.328 e. The van der Waals surface area contributed by atoms with Crippen molar-refractivity contribution < 1.29 is 14.4 Å². The summed E-state index contributed by atoms with van der Waals surface area (Å²) in [5, 5.41) is 4.34. The smallest absolute Gasteiger partial charge is 0.277 e. The number of carbonyl (C=O) groups excluding carboxylic acids is 3. The fourth-order valence-corrected chi connectivity index (χ4v) is 2.34. The Morgan fingerprint density at radius 3 is 2.00 bits per heavy atom. The summed E-state index contributed by atoms with van der Waals surface area (Å²) in [4.78, 5) is 35.2. The minimum Gasteiger partial charge on any atom is -0.277 e. The second-order valence-electron chi connectivity index (χ2n) is 4.50. The van der Waals surface area contributed by atoms with Crippen LogP contribution in [-0.4, -0.2) is 47.4 Å². The molecule has 0 aliphatic carbocycles. The number of nitrogens with one attached hydrogen (secondary N) is 2. The number of rotatable bonds is 3. The fourth-order valence-electron chi connectivity index (χ4n) is 2.34. The van der Waals surface area contributed by atoms with Crippen LogP contribution in [0.5, 0.6) is 0 Å². The molecular weight excluding hydrogens is 243 g/mol. The van der Waals surface area contributed by atoms with Crippen molar-refractivity contribution >= 4 is 47.4 Å². The summed E-state index contributed by atoms with van der Waals surface area (Å²) < 4.78 is 0. The molecule has 1 aliphatic rings. The first kappa shape index (κ1) is 17.4. The average molecular weight is 261 g/mol. The van der Waals surface area contributed by atoms with E-state index in [1.807, 2.05) is 13.0 Å². The van der Waals surface area contributed by atoms with E-state index in [9.17, 15) is 14.4 Å². The molecule has 0 spiro atoms. The number of allylic oxidation sites excluding steroid dienone is 1. The van der Waals surface area contributed by atoms with Gasteiger partial charge in [0.25, 0.3) is 0 Å². The van der Waals surface area contributed by atoms with Crippen molar-refractivity contribution in [3.8, 4) is 0 Å². The van der Waals surface area contributed by atoms with Gasteiger partial charge in [0.2, 0.25) is 11.8 Å². The van der Waals surface area contributed by atoms with Gasteiger partial charge in [0, 0.05) is 29.6 Å². The van der Waals surface area contributed by atoms with Crippen molar-refractivity contribution in [3.63, 3.8) is 0 Å². The Hall–Kier alpha value is -0.650. The van der Waals surface area contributed by atoms with Crippen LogP contribution in [0.2, 0.25) is 0 Å². The van der Waals surface area contributed by atoms with Crippen LogP contribution in [0.4, 0.5) is 4.79 Å². The first-order valence-corrected chi connectivity index (χ1v) is 5.71. The number of hydrogen-bond acceptors (Lipinski definition) is 3. The predicted octanol–water partition coefficient (Wildman–Crippen LogP) is 0.970. The SMILES string of the molecule is CCC=C(C)C1(C(C)C)C(=O)NC(=O)NC1=O.[Na]. The number of imide groups is 2. The van der Waals surface area contributed by atoms with Crippen molar-refractivity contribution in [1.82, 2.24) is 10.6 Å². The fraction of sp³-hybridized carbons (Fsp3) is 0.583. The van der Waals surface area contributed by atoms with Crippen LogP contribution in [0.25, 0.3) is 0 Å². The van der Waals surface area contributed by atoms with Gasteiger partial charge in [-0.05, 0) is 19.3 Å². The van der Waals surface area contributed by atoms with E-state index >= 15 is 0 Å². The molecular formula is C12H18N2NaO3. The summed E-state index contributed by atoms with van der Waals surface area (Å²) >= 11 is 0. The van der Waals surface area contributed by atoms with E-state index in [0.29, 0.717) is 5.57 Å². The van der Waals surface area contributed by atoms with Crippen molar-refractivity contribution in [3.05, 3.63) is 11.6 Å². The third-order valence-electron chi connectivity index (χ3n) is 3.17. The molecule has 18 heavy (non-hydrogen) atoms. The van der Waals surface area contributed by atoms with Crippen LogP contribution < -0.4 is 10.6 Å². The van der Waals surface area contributed by atoms with E-state index in [1.54, 1.807) is 20.8 Å². The standard InChI is InChI=1S/C12H18N2O3.Na/c1-5-6-8(4)12(7(2)3)9(15)13-11(17)14-10(12)16;/h6-7H,5H2,1-4H3,(H2,13,14,15,16,17);. The maximum atomic E-state index is 12.1. The summed E-state index contributed by atoms with van der Waals surface area (Å²) in [5.41, 5.74) is -0.596. The van der Waals surface area contributed by atoms with E-state index in [-0.39, 0.29) is 35.5 Å². The van der Waals surface area contributed by atoms with Gasteiger partial charge in [-0.3, -0.25) is 20.2 Å². The van der Waals surface area contributed by atoms with Crippen LogP contribution in [0.1, 0.15) is 34.1 Å². The Morgan fingerprint density at radius 2 is 1.67 bits per heavy atom. The zero-order valence-electron chi connectivity index (χ0n) is 11.6. The predicted molar refractivity (Wildman–Crippen MR) is 68.8 cm³/mol. The molecule has 6 heteroatoms.